The van der Waals surface area contributed by atoms with E-state index in [1.807, 2.05) is 6.92 Å². The zero-order valence-electron chi connectivity index (χ0n) is 12.0. The molecule has 0 radical (unpaired) electrons. The molecule has 0 heterocycles. The van der Waals surface area contributed by atoms with Gasteiger partial charge in [-0.2, -0.15) is 0 Å². The van der Waals surface area contributed by atoms with Crippen LogP contribution in [0.25, 0.3) is 0 Å². The van der Waals surface area contributed by atoms with E-state index in [0.29, 0.717) is 16.3 Å². The summed E-state index contributed by atoms with van der Waals surface area (Å²) in [5.74, 6) is -0.676. The van der Waals surface area contributed by atoms with Gasteiger partial charge in [0.1, 0.15) is 0 Å². The normalized spacial score (nSPS) is 10.1. The maximum absolute atomic E-state index is 11.9. The second-order valence-electron chi connectivity index (χ2n) is 4.76. The van der Waals surface area contributed by atoms with Gasteiger partial charge in [0, 0.05) is 22.0 Å². The van der Waals surface area contributed by atoms with Gasteiger partial charge in [-0.1, -0.05) is 17.7 Å². The van der Waals surface area contributed by atoms with Gasteiger partial charge in [-0.05, 0) is 48.9 Å². The summed E-state index contributed by atoms with van der Waals surface area (Å²) in [6.45, 7) is 1.94. The molecular weight excluding hydrogens is 302 g/mol. The van der Waals surface area contributed by atoms with Gasteiger partial charge in [-0.15, -0.1) is 0 Å². The Balaban J connectivity index is 1.92. The van der Waals surface area contributed by atoms with Gasteiger partial charge in [-0.25, -0.2) is 0 Å². The third-order valence-electron chi connectivity index (χ3n) is 3.16. The van der Waals surface area contributed by atoms with Crippen LogP contribution in [-0.4, -0.2) is 18.4 Å². The fraction of sp³-hybridized carbons (Fsp3) is 0.125. The first kappa shape index (κ1) is 15.9. The molecule has 2 rings (SSSR count). The number of anilines is 2. The van der Waals surface area contributed by atoms with Crippen LogP contribution in [0.4, 0.5) is 11.4 Å². The average molecular weight is 318 g/mol. The number of carbonyl (C=O) groups is 2. The Morgan fingerprint density at radius 3 is 2.45 bits per heavy atom. The van der Waals surface area contributed by atoms with E-state index in [1.165, 1.54) is 0 Å². The topological polar surface area (TPSA) is 84.2 Å². The molecule has 4 N–H and O–H groups in total. The van der Waals surface area contributed by atoms with Gasteiger partial charge < -0.3 is 16.4 Å². The average Bonchev–Trinajstić information content (AvgIpc) is 2.50. The Bertz CT molecular complexity index is 699. The van der Waals surface area contributed by atoms with Gasteiger partial charge >= 0.3 is 0 Å². The summed E-state index contributed by atoms with van der Waals surface area (Å²) in [6, 6.07) is 11.9. The third-order valence-corrected chi connectivity index (χ3v) is 3.57. The van der Waals surface area contributed by atoms with Crippen molar-refractivity contribution < 1.29 is 9.59 Å². The molecule has 0 aromatic heterocycles. The molecule has 0 fully saturated rings. The Morgan fingerprint density at radius 2 is 1.82 bits per heavy atom. The van der Waals surface area contributed by atoms with Crippen LogP contribution in [0.3, 0.4) is 0 Å². The highest BCUT2D eigenvalue weighted by Crippen LogP contribution is 2.22. The number of hydrogen-bond donors (Lipinski definition) is 3. The zero-order valence-corrected chi connectivity index (χ0v) is 12.8. The highest BCUT2D eigenvalue weighted by Gasteiger charge is 2.07. The van der Waals surface area contributed by atoms with E-state index >= 15 is 0 Å². The molecule has 0 bridgehead atoms. The number of nitrogens with two attached hydrogens (primary N) is 1. The van der Waals surface area contributed by atoms with Gasteiger partial charge in [0.2, 0.25) is 11.8 Å². The lowest BCUT2D eigenvalue weighted by Crippen LogP contribution is -2.22. The predicted molar refractivity (Wildman–Crippen MR) is 88.3 cm³/mol. The molecule has 0 aliphatic carbocycles. The highest BCUT2D eigenvalue weighted by molar-refractivity contribution is 6.31. The minimum Gasteiger partial charge on any atom is -0.376 e. The molecule has 0 aliphatic heterocycles. The molecule has 2 amide bonds. The van der Waals surface area contributed by atoms with E-state index in [2.05, 4.69) is 10.6 Å². The quantitative estimate of drug-likeness (QED) is 0.792. The van der Waals surface area contributed by atoms with Crippen LogP contribution in [0.5, 0.6) is 0 Å². The number of halogens is 1. The Hall–Kier alpha value is -2.53. The molecule has 0 aliphatic rings. The van der Waals surface area contributed by atoms with Crippen LogP contribution < -0.4 is 16.4 Å². The summed E-state index contributed by atoms with van der Waals surface area (Å²) < 4.78 is 0. The molecule has 0 unspecified atom stereocenters. The van der Waals surface area contributed by atoms with Crippen LogP contribution in [0.1, 0.15) is 15.9 Å². The minimum absolute atomic E-state index is 0.0991. The largest absolute Gasteiger partial charge is 0.376 e. The lowest BCUT2D eigenvalue weighted by Gasteiger charge is -2.11. The number of primary amides is 1. The molecule has 2 aromatic rings. The standard InChI is InChI=1S/C16H16ClN3O2/c1-10-13(17)3-2-4-14(10)20-15(21)9-19-12-7-5-11(6-8-12)16(18)22/h2-8,19H,9H2,1H3,(H2,18,22)(H,20,21). The van der Waals surface area contributed by atoms with Gasteiger partial charge in [0.15, 0.2) is 0 Å². The Kier molecular flexibility index (Phi) is 5.01. The van der Waals surface area contributed by atoms with Crippen molar-refractivity contribution in [1.82, 2.24) is 0 Å². The SMILES string of the molecule is Cc1c(Cl)cccc1NC(=O)CNc1ccc(C(N)=O)cc1. The zero-order chi connectivity index (χ0) is 16.1. The molecule has 0 spiro atoms. The molecule has 2 aromatic carbocycles. The van der Waals surface area contributed by atoms with E-state index in [9.17, 15) is 9.59 Å². The number of rotatable bonds is 5. The van der Waals surface area contributed by atoms with Crippen LogP contribution in [0.2, 0.25) is 5.02 Å². The molecule has 6 heteroatoms. The van der Waals surface area contributed by atoms with Crippen molar-refractivity contribution in [1.29, 1.82) is 0 Å². The summed E-state index contributed by atoms with van der Waals surface area (Å²) in [5.41, 5.74) is 7.82. The lowest BCUT2D eigenvalue weighted by molar-refractivity contribution is -0.114. The lowest BCUT2D eigenvalue weighted by atomic mass is 10.2. The smallest absolute Gasteiger partial charge is 0.248 e. The number of hydrogen-bond acceptors (Lipinski definition) is 3. The molecule has 0 saturated heterocycles. The Labute approximate surface area is 133 Å². The molecule has 114 valence electrons. The maximum atomic E-state index is 11.9. The molecule has 0 saturated carbocycles. The fourth-order valence-corrected chi connectivity index (χ4v) is 2.05. The summed E-state index contributed by atoms with van der Waals surface area (Å²) in [7, 11) is 0. The first-order valence-electron chi connectivity index (χ1n) is 6.66. The van der Waals surface area contributed by atoms with Crippen LogP contribution >= 0.6 is 11.6 Å². The van der Waals surface area contributed by atoms with E-state index in [4.69, 9.17) is 17.3 Å². The summed E-state index contributed by atoms with van der Waals surface area (Å²) in [5, 5.41) is 6.36. The minimum atomic E-state index is -0.485. The second kappa shape index (κ2) is 6.95. The molecule has 0 atom stereocenters. The van der Waals surface area contributed by atoms with Gasteiger partial charge in [-0.3, -0.25) is 9.59 Å². The number of amides is 2. The van der Waals surface area contributed by atoms with Crippen molar-refractivity contribution in [3.8, 4) is 0 Å². The number of nitrogens with one attached hydrogen (secondary N) is 2. The Morgan fingerprint density at radius 1 is 1.14 bits per heavy atom. The van der Waals surface area contributed by atoms with E-state index in [-0.39, 0.29) is 12.5 Å². The van der Waals surface area contributed by atoms with Crippen LogP contribution in [-0.2, 0) is 4.79 Å². The van der Waals surface area contributed by atoms with E-state index in [0.717, 1.165) is 11.3 Å². The van der Waals surface area contributed by atoms with Crippen LogP contribution in [0.15, 0.2) is 42.5 Å². The highest BCUT2D eigenvalue weighted by atomic mass is 35.5. The molecule has 5 nitrogen and oxygen atoms in total. The fourth-order valence-electron chi connectivity index (χ4n) is 1.87. The van der Waals surface area contributed by atoms with Crippen molar-refractivity contribution in [2.24, 2.45) is 5.73 Å². The van der Waals surface area contributed by atoms with Gasteiger partial charge in [0.05, 0.1) is 6.54 Å². The predicted octanol–water partition coefficient (Wildman–Crippen LogP) is 2.80. The van der Waals surface area contributed by atoms with E-state index in [1.54, 1.807) is 42.5 Å². The van der Waals surface area contributed by atoms with Gasteiger partial charge in [0.25, 0.3) is 0 Å². The van der Waals surface area contributed by atoms with Crippen molar-refractivity contribution in [2.45, 2.75) is 6.92 Å². The molecule has 22 heavy (non-hydrogen) atoms. The third kappa shape index (κ3) is 3.99. The van der Waals surface area contributed by atoms with Crippen molar-refractivity contribution in [2.75, 3.05) is 17.2 Å². The van der Waals surface area contributed by atoms with Crippen molar-refractivity contribution >= 4 is 34.8 Å². The van der Waals surface area contributed by atoms with Crippen molar-refractivity contribution in [3.63, 3.8) is 0 Å². The monoisotopic (exact) mass is 317 g/mol. The molecular formula is C16H16ClN3O2. The summed E-state index contributed by atoms with van der Waals surface area (Å²) in [4.78, 5) is 22.9. The first-order chi connectivity index (χ1) is 10.5. The van der Waals surface area contributed by atoms with Crippen molar-refractivity contribution in [3.05, 3.63) is 58.6 Å². The van der Waals surface area contributed by atoms with Crippen LogP contribution in [0, 0.1) is 6.92 Å². The number of carbonyl (C=O) groups excluding carboxylic acids is 2. The summed E-state index contributed by atoms with van der Waals surface area (Å²) >= 11 is 6.01. The summed E-state index contributed by atoms with van der Waals surface area (Å²) in [6.07, 6.45) is 0. The first-order valence-corrected chi connectivity index (χ1v) is 7.04. The van der Waals surface area contributed by atoms with E-state index < -0.39 is 5.91 Å². The maximum Gasteiger partial charge on any atom is 0.248 e. The number of benzene rings is 2. The second-order valence-corrected chi connectivity index (χ2v) is 5.16.